The Kier molecular flexibility index (Phi) is 5.96. The number of carbonyl (C=O) groups excluding carboxylic acids is 3. The van der Waals surface area contributed by atoms with Gasteiger partial charge in [0, 0.05) is 10.3 Å². The molecule has 2 aliphatic heterocycles. The summed E-state index contributed by atoms with van der Waals surface area (Å²) >= 11 is 1.59. The lowest BCUT2D eigenvalue weighted by Gasteiger charge is -2.31. The Balaban J connectivity index is 1.75. The van der Waals surface area contributed by atoms with Crippen molar-refractivity contribution in [2.45, 2.75) is 62.9 Å². The molecule has 3 amide bonds. The van der Waals surface area contributed by atoms with Crippen molar-refractivity contribution in [3.05, 3.63) is 35.4 Å². The molecule has 0 radical (unpaired) electrons. The Labute approximate surface area is 175 Å². The highest BCUT2D eigenvalue weighted by molar-refractivity contribution is 8.01. The van der Waals surface area contributed by atoms with E-state index in [0.29, 0.717) is 5.56 Å². The molecule has 4 atom stereocenters. The van der Waals surface area contributed by atoms with Gasteiger partial charge in [-0.05, 0) is 38.3 Å². The second-order valence-electron chi connectivity index (χ2n) is 8.55. The van der Waals surface area contributed by atoms with Gasteiger partial charge in [-0.25, -0.2) is 0 Å². The summed E-state index contributed by atoms with van der Waals surface area (Å²) in [4.78, 5) is 40.3. The molecular formula is C21H29N3O4S. The lowest BCUT2D eigenvalue weighted by atomic mass is 10.00. The van der Waals surface area contributed by atoms with Gasteiger partial charge in [0.15, 0.2) is 0 Å². The van der Waals surface area contributed by atoms with Crippen LogP contribution in [0.15, 0.2) is 24.3 Å². The van der Waals surface area contributed by atoms with E-state index in [1.54, 1.807) is 29.7 Å². The van der Waals surface area contributed by atoms with Gasteiger partial charge in [0.05, 0.1) is 12.6 Å². The maximum absolute atomic E-state index is 13.2. The van der Waals surface area contributed by atoms with E-state index in [1.165, 1.54) is 0 Å². The third-order valence-corrected chi connectivity index (χ3v) is 7.16. The molecule has 0 saturated carbocycles. The van der Waals surface area contributed by atoms with Crippen LogP contribution in [0.25, 0.3) is 0 Å². The van der Waals surface area contributed by atoms with Gasteiger partial charge in [-0.3, -0.25) is 14.4 Å². The monoisotopic (exact) mass is 419 g/mol. The molecule has 8 heteroatoms. The van der Waals surface area contributed by atoms with Gasteiger partial charge in [-0.1, -0.05) is 32.0 Å². The van der Waals surface area contributed by atoms with E-state index in [-0.39, 0.29) is 41.7 Å². The fourth-order valence-corrected chi connectivity index (χ4v) is 5.48. The SMILES string of the molecule is CC(C)[C@@H](CO)NC(=O)[C@H](C)NC(=O)[C@H]1N2C(=O)c3ccccc3[C@H]2SC1(C)C. The molecule has 0 unspecified atom stereocenters. The molecule has 2 aliphatic rings. The number of fused-ring (bicyclic) bond motifs is 3. The molecule has 0 spiro atoms. The highest BCUT2D eigenvalue weighted by atomic mass is 32.2. The van der Waals surface area contributed by atoms with Crippen LogP contribution in [0.1, 0.15) is 55.9 Å². The zero-order valence-electron chi connectivity index (χ0n) is 17.4. The van der Waals surface area contributed by atoms with Gasteiger partial charge >= 0.3 is 0 Å². The van der Waals surface area contributed by atoms with E-state index >= 15 is 0 Å². The van der Waals surface area contributed by atoms with E-state index in [4.69, 9.17) is 0 Å². The zero-order valence-corrected chi connectivity index (χ0v) is 18.2. The Morgan fingerprint density at radius 2 is 1.86 bits per heavy atom. The molecule has 1 saturated heterocycles. The predicted molar refractivity (Wildman–Crippen MR) is 112 cm³/mol. The summed E-state index contributed by atoms with van der Waals surface area (Å²) in [6, 6.07) is 5.59. The van der Waals surface area contributed by atoms with Gasteiger partial charge in [-0.2, -0.15) is 0 Å². The first-order valence-electron chi connectivity index (χ1n) is 9.89. The number of nitrogens with zero attached hydrogens (tertiary/aromatic N) is 1. The molecule has 3 rings (SSSR count). The number of hydrogen-bond donors (Lipinski definition) is 3. The zero-order chi connectivity index (χ0) is 21.5. The number of aliphatic hydroxyl groups excluding tert-OH is 1. The second-order valence-corrected chi connectivity index (χ2v) is 10.3. The van der Waals surface area contributed by atoms with Crippen molar-refractivity contribution in [2.24, 2.45) is 5.92 Å². The number of rotatable bonds is 6. The third kappa shape index (κ3) is 3.88. The summed E-state index contributed by atoms with van der Waals surface area (Å²) in [6.45, 7) is 9.13. The summed E-state index contributed by atoms with van der Waals surface area (Å²) in [7, 11) is 0. The normalized spacial score (nSPS) is 24.1. The van der Waals surface area contributed by atoms with E-state index in [1.807, 2.05) is 45.9 Å². The fourth-order valence-electron chi connectivity index (χ4n) is 3.89. The highest BCUT2D eigenvalue weighted by Gasteiger charge is 2.57. The third-order valence-electron chi connectivity index (χ3n) is 5.63. The van der Waals surface area contributed by atoms with Crippen molar-refractivity contribution >= 4 is 29.5 Å². The molecule has 7 nitrogen and oxygen atoms in total. The molecule has 3 N–H and O–H groups in total. The van der Waals surface area contributed by atoms with Crippen LogP contribution in [0.3, 0.4) is 0 Å². The minimum Gasteiger partial charge on any atom is -0.394 e. The maximum Gasteiger partial charge on any atom is 0.256 e. The number of benzene rings is 1. The smallest absolute Gasteiger partial charge is 0.256 e. The number of carbonyl (C=O) groups is 3. The van der Waals surface area contributed by atoms with E-state index < -0.39 is 16.8 Å². The average molecular weight is 420 g/mol. The van der Waals surface area contributed by atoms with Crippen molar-refractivity contribution in [3.63, 3.8) is 0 Å². The fraction of sp³-hybridized carbons (Fsp3) is 0.571. The molecule has 2 heterocycles. The Morgan fingerprint density at radius 3 is 2.48 bits per heavy atom. The Bertz CT molecular complexity index is 826. The molecule has 1 aromatic carbocycles. The molecule has 0 aliphatic carbocycles. The summed E-state index contributed by atoms with van der Waals surface area (Å²) in [5, 5.41) is 14.7. The lowest BCUT2D eigenvalue weighted by molar-refractivity contribution is -0.132. The molecule has 1 aromatic rings. The summed E-state index contributed by atoms with van der Waals surface area (Å²) < 4.78 is -0.500. The van der Waals surface area contributed by atoms with Gasteiger partial charge < -0.3 is 20.6 Å². The number of hydrogen-bond acceptors (Lipinski definition) is 5. The quantitative estimate of drug-likeness (QED) is 0.652. The van der Waals surface area contributed by atoms with Crippen molar-refractivity contribution in [1.29, 1.82) is 0 Å². The van der Waals surface area contributed by atoms with Crippen molar-refractivity contribution in [3.8, 4) is 0 Å². The molecule has 29 heavy (non-hydrogen) atoms. The van der Waals surface area contributed by atoms with Crippen LogP contribution in [0.2, 0.25) is 0 Å². The average Bonchev–Trinajstić information content (AvgIpc) is 3.09. The number of aliphatic hydroxyl groups is 1. The van der Waals surface area contributed by atoms with Crippen LogP contribution in [0.5, 0.6) is 0 Å². The van der Waals surface area contributed by atoms with E-state index in [9.17, 15) is 19.5 Å². The van der Waals surface area contributed by atoms with Crippen LogP contribution in [0.4, 0.5) is 0 Å². The molecule has 1 fully saturated rings. The molecular weight excluding hydrogens is 390 g/mol. The van der Waals surface area contributed by atoms with Crippen LogP contribution < -0.4 is 10.6 Å². The molecule has 0 bridgehead atoms. The van der Waals surface area contributed by atoms with Crippen LogP contribution in [-0.2, 0) is 9.59 Å². The van der Waals surface area contributed by atoms with Gasteiger partial charge in [0.2, 0.25) is 11.8 Å². The topological polar surface area (TPSA) is 98.7 Å². The summed E-state index contributed by atoms with van der Waals surface area (Å²) in [5.41, 5.74) is 1.56. The van der Waals surface area contributed by atoms with Crippen molar-refractivity contribution in [1.82, 2.24) is 15.5 Å². The largest absolute Gasteiger partial charge is 0.394 e. The summed E-state index contributed by atoms with van der Waals surface area (Å²) in [5.74, 6) is -0.791. The van der Waals surface area contributed by atoms with Gasteiger partial charge in [0.25, 0.3) is 5.91 Å². The predicted octanol–water partition coefficient (Wildman–Crippen LogP) is 1.67. The summed E-state index contributed by atoms with van der Waals surface area (Å²) in [6.07, 6.45) is 0. The first kappa shape index (κ1) is 21.6. The Morgan fingerprint density at radius 1 is 1.21 bits per heavy atom. The standard InChI is InChI=1S/C21H29N3O4S/c1-11(2)15(10-25)23-17(26)12(3)22-18(27)16-21(4,5)29-20-14-9-7-6-8-13(14)19(28)24(16)20/h6-9,11-12,15-16,20,25H,10H2,1-5H3,(H,22,27)(H,23,26)/t12-,15+,16+,20+/m0/s1. The molecule has 0 aromatic heterocycles. The first-order chi connectivity index (χ1) is 13.6. The molecule has 158 valence electrons. The number of amides is 3. The minimum atomic E-state index is -0.782. The van der Waals surface area contributed by atoms with Crippen LogP contribution >= 0.6 is 11.8 Å². The van der Waals surface area contributed by atoms with Gasteiger partial charge in [0.1, 0.15) is 17.5 Å². The van der Waals surface area contributed by atoms with E-state index in [0.717, 1.165) is 5.56 Å². The van der Waals surface area contributed by atoms with Crippen LogP contribution in [-0.4, -0.2) is 57.2 Å². The van der Waals surface area contributed by atoms with Crippen LogP contribution in [0, 0.1) is 5.92 Å². The first-order valence-corrected chi connectivity index (χ1v) is 10.8. The maximum atomic E-state index is 13.2. The lowest BCUT2D eigenvalue weighted by Crippen LogP contribution is -2.57. The minimum absolute atomic E-state index is 0.0681. The number of thioether (sulfide) groups is 1. The highest BCUT2D eigenvalue weighted by Crippen LogP contribution is 2.56. The van der Waals surface area contributed by atoms with Crippen molar-refractivity contribution in [2.75, 3.05) is 6.61 Å². The van der Waals surface area contributed by atoms with Gasteiger partial charge in [-0.15, -0.1) is 11.8 Å². The Hall–Kier alpha value is -2.06. The van der Waals surface area contributed by atoms with E-state index in [2.05, 4.69) is 10.6 Å². The van der Waals surface area contributed by atoms with Crippen molar-refractivity contribution < 1.29 is 19.5 Å². The second kappa shape index (κ2) is 7.99. The number of nitrogens with one attached hydrogen (secondary N) is 2.